The lowest BCUT2D eigenvalue weighted by Crippen LogP contribution is -2.10. The number of hydrogen-bond donors (Lipinski definition) is 2. The Morgan fingerprint density at radius 3 is 2.00 bits per heavy atom. The molecule has 0 heterocycles. The van der Waals surface area contributed by atoms with Crippen LogP contribution in [0.15, 0.2) is 0 Å². The predicted molar refractivity (Wildman–Crippen MR) is 36.5 cm³/mol. The van der Waals surface area contributed by atoms with Gasteiger partial charge in [-0.2, -0.15) is 22.4 Å². The average Bonchev–Trinajstić information content (AvgIpc) is 1.73. The molecule has 0 amide bonds. The maximum absolute atomic E-state index is 9.24. The Hall–Kier alpha value is 0.225. The summed E-state index contributed by atoms with van der Waals surface area (Å²) >= 11 is 1.65. The molecule has 5 heteroatoms. The molecule has 3 nitrogen and oxygen atoms in total. The monoisotopic (exact) mass is 213 g/mol. The van der Waals surface area contributed by atoms with Crippen molar-refractivity contribution in [2.24, 2.45) is 5.73 Å². The summed E-state index contributed by atoms with van der Waals surface area (Å²) in [6.07, 6.45) is 0. The van der Waals surface area contributed by atoms with E-state index in [0.717, 1.165) is 0 Å². The van der Waals surface area contributed by atoms with Gasteiger partial charge in [0.2, 0.25) is 0 Å². The van der Waals surface area contributed by atoms with Gasteiger partial charge in [-0.3, -0.25) is 4.79 Å². The zero-order chi connectivity index (χ0) is 6.28. The molecule has 0 spiro atoms. The van der Waals surface area contributed by atoms with E-state index < -0.39 is 5.97 Å². The van der Waals surface area contributed by atoms with Gasteiger partial charge in [-0.15, -0.1) is 0 Å². The van der Waals surface area contributed by atoms with Crippen molar-refractivity contribution in [1.29, 1.82) is 0 Å². The van der Waals surface area contributed by atoms with Crippen LogP contribution in [-0.2, 0) is 4.79 Å². The van der Waals surface area contributed by atoms with Gasteiger partial charge < -0.3 is 10.8 Å². The molecule has 0 aromatic heterocycles. The number of carboxylic acids is 1. The van der Waals surface area contributed by atoms with Crippen LogP contribution in [0.25, 0.3) is 0 Å². The van der Waals surface area contributed by atoms with Gasteiger partial charge >= 0.3 is 5.97 Å². The van der Waals surface area contributed by atoms with Crippen LogP contribution in [0.2, 0.25) is 0 Å². The average molecular weight is 213 g/mol. The van der Waals surface area contributed by atoms with Crippen LogP contribution in [0, 0.1) is 0 Å². The van der Waals surface area contributed by atoms with Crippen molar-refractivity contribution in [3.8, 4) is 0 Å². The summed E-state index contributed by atoms with van der Waals surface area (Å²) < 4.78 is 0. The molecule has 0 saturated carbocycles. The molecule has 40 valence electrons. The highest BCUT2D eigenvalue weighted by molar-refractivity contribution is 14.1. The summed E-state index contributed by atoms with van der Waals surface area (Å²) in [6, 6.07) is 0. The molecule has 3 N–H and O–H groups in total. The number of carboxylic acid groups (broad SMARTS) is 1. The third-order valence-electron chi connectivity index (χ3n) is 0.175. The number of carbonyl (C=O) groups is 1. The van der Waals surface area contributed by atoms with Crippen molar-refractivity contribution in [3.05, 3.63) is 0 Å². The summed E-state index contributed by atoms with van der Waals surface area (Å²) in [4.78, 5) is 9.24. The number of nitrogens with two attached hydrogens (primary N) is 1. The first-order valence-electron chi connectivity index (χ1n) is 1.41. The second kappa shape index (κ2) is 9.52. The number of hydrogen-bond acceptors (Lipinski definition) is 2. The van der Waals surface area contributed by atoms with E-state index >= 15 is 0 Å². The van der Waals surface area contributed by atoms with Gasteiger partial charge in [0, 0.05) is 0 Å². The summed E-state index contributed by atoms with van der Waals surface area (Å²) in [6.45, 7) is -0.278. The molecular formula is C2H5BINO2. The van der Waals surface area contributed by atoms with E-state index in [2.05, 4.69) is 11.4 Å². The van der Waals surface area contributed by atoms with Gasteiger partial charge in [0.25, 0.3) is 0 Å². The molecule has 2 radical (unpaired) electrons. The van der Waals surface area contributed by atoms with E-state index in [1.54, 1.807) is 22.4 Å². The van der Waals surface area contributed by atoms with E-state index in [0.29, 0.717) is 0 Å². The van der Waals surface area contributed by atoms with Crippen LogP contribution in [0.3, 0.4) is 0 Å². The Bertz CT molecular complexity index is 51.0. The van der Waals surface area contributed by atoms with E-state index in [1.807, 2.05) is 0 Å². The molecule has 0 aliphatic rings. The molecule has 0 fully saturated rings. The smallest absolute Gasteiger partial charge is 0.317 e. The highest BCUT2D eigenvalue weighted by Crippen LogP contribution is 1.44. The molecule has 7 heavy (non-hydrogen) atoms. The lowest BCUT2D eigenvalue weighted by atomic mass is 10.7. The molecule has 0 saturated heterocycles. The zero-order valence-electron chi connectivity index (χ0n) is 3.60. The highest BCUT2D eigenvalue weighted by atomic mass is 127. The second-order valence-corrected chi connectivity index (χ2v) is 0.598. The van der Waals surface area contributed by atoms with Crippen molar-refractivity contribution in [2.45, 2.75) is 0 Å². The van der Waals surface area contributed by atoms with Gasteiger partial charge in [0.15, 0.2) is 5.70 Å². The van der Waals surface area contributed by atoms with Crippen LogP contribution in [0.4, 0.5) is 0 Å². The van der Waals surface area contributed by atoms with E-state index in [-0.39, 0.29) is 6.54 Å². The topological polar surface area (TPSA) is 63.3 Å². The van der Waals surface area contributed by atoms with Crippen molar-refractivity contribution in [3.63, 3.8) is 0 Å². The lowest BCUT2D eigenvalue weighted by Gasteiger charge is -1.73. The Kier molecular flexibility index (Phi) is 13.9. The molecule has 0 aromatic rings. The molecule has 0 aliphatic heterocycles. The summed E-state index contributed by atoms with van der Waals surface area (Å²) in [5.41, 5.74) is 9.04. The van der Waals surface area contributed by atoms with Crippen LogP contribution in [-0.4, -0.2) is 23.3 Å². The first kappa shape index (κ1) is 10.3. The second-order valence-electron chi connectivity index (χ2n) is 0.598. The summed E-state index contributed by atoms with van der Waals surface area (Å²) in [5.74, 6) is -0.968. The van der Waals surface area contributed by atoms with Crippen LogP contribution in [0.5, 0.6) is 0 Å². The molecular weight excluding hydrogens is 208 g/mol. The van der Waals surface area contributed by atoms with E-state index in [9.17, 15) is 4.79 Å². The number of halogens is 1. The molecule has 0 aromatic carbocycles. The number of rotatable bonds is 1. The van der Waals surface area contributed by atoms with E-state index in [1.165, 1.54) is 0 Å². The zero-order valence-corrected chi connectivity index (χ0v) is 5.75. The fourth-order valence-electron chi connectivity index (χ4n) is 0. The van der Waals surface area contributed by atoms with Crippen molar-refractivity contribution in [2.75, 3.05) is 6.54 Å². The summed E-state index contributed by atoms with van der Waals surface area (Å²) in [7, 11) is 0. The Morgan fingerprint density at radius 2 is 2.00 bits per heavy atom. The minimum Gasteiger partial charge on any atom is -0.480 e. The first-order chi connectivity index (χ1) is 3.27. The van der Waals surface area contributed by atoms with Crippen molar-refractivity contribution < 1.29 is 9.90 Å². The fraction of sp³-hybridized carbons (Fsp3) is 0.500. The van der Waals surface area contributed by atoms with Crippen LogP contribution in [0.1, 0.15) is 0 Å². The molecule has 0 atom stereocenters. The van der Waals surface area contributed by atoms with Crippen LogP contribution < -0.4 is 5.73 Å². The van der Waals surface area contributed by atoms with Crippen molar-refractivity contribution >= 4 is 34.0 Å². The quantitative estimate of drug-likeness (QED) is 0.457. The molecule has 0 rings (SSSR count). The maximum atomic E-state index is 9.24. The summed E-state index contributed by atoms with van der Waals surface area (Å²) in [5, 5.41) is 7.60. The van der Waals surface area contributed by atoms with Gasteiger partial charge in [-0.1, -0.05) is 0 Å². The van der Waals surface area contributed by atoms with Gasteiger partial charge in [-0.05, 0) is 0 Å². The van der Waals surface area contributed by atoms with Crippen LogP contribution >= 0.6 is 22.4 Å². The minimum absolute atomic E-state index is 0.278. The minimum atomic E-state index is -0.968. The predicted octanol–water partition coefficient (Wildman–Crippen LogP) is -0.465. The Morgan fingerprint density at radius 1 is 1.86 bits per heavy atom. The van der Waals surface area contributed by atoms with Gasteiger partial charge in [0.05, 0.1) is 6.54 Å². The van der Waals surface area contributed by atoms with Gasteiger partial charge in [-0.25, -0.2) is 0 Å². The third-order valence-corrected chi connectivity index (χ3v) is 0.175. The molecule has 0 bridgehead atoms. The lowest BCUT2D eigenvalue weighted by molar-refractivity contribution is -0.135. The Labute approximate surface area is 56.6 Å². The normalized spacial score (nSPS) is 6.00. The number of aliphatic carboxylic acids is 1. The first-order valence-corrected chi connectivity index (χ1v) is 2.65. The maximum Gasteiger partial charge on any atom is 0.317 e. The van der Waals surface area contributed by atoms with Gasteiger partial charge in [0.1, 0.15) is 0 Å². The SMILES string of the molecule is NCC(=O)O.[B]I. The third kappa shape index (κ3) is 22.4. The molecule has 0 unspecified atom stereocenters. The van der Waals surface area contributed by atoms with Crippen molar-refractivity contribution in [1.82, 2.24) is 0 Å². The largest absolute Gasteiger partial charge is 0.480 e. The Balaban J connectivity index is 0. The fourth-order valence-corrected chi connectivity index (χ4v) is 0. The standard InChI is InChI=1S/C2H5NO2.BI/c3-1-2(4)5;1-2/h1,3H2,(H,4,5);. The highest BCUT2D eigenvalue weighted by Gasteiger charge is 1.81. The van der Waals surface area contributed by atoms with E-state index in [4.69, 9.17) is 5.11 Å². The molecule has 0 aliphatic carbocycles.